The normalized spacial score (nSPS) is 10.8. The summed E-state index contributed by atoms with van der Waals surface area (Å²) in [6.07, 6.45) is 1.86. The zero-order valence-corrected chi connectivity index (χ0v) is 19.8. The number of aromatic nitrogens is 2. The second-order valence-corrected chi connectivity index (χ2v) is 9.23. The van der Waals surface area contributed by atoms with Gasteiger partial charge in [0.05, 0.1) is 15.9 Å². The molecule has 158 valence electrons. The minimum atomic E-state index is -0.205. The first-order valence-electron chi connectivity index (χ1n) is 9.52. The molecule has 0 saturated carbocycles. The summed E-state index contributed by atoms with van der Waals surface area (Å²) in [5.41, 5.74) is 3.28. The Balaban J connectivity index is 1.36. The number of halogens is 2. The molecule has 0 bridgehead atoms. The van der Waals surface area contributed by atoms with Gasteiger partial charge in [-0.3, -0.25) is 9.48 Å². The molecule has 0 aliphatic carbocycles. The molecule has 0 fully saturated rings. The van der Waals surface area contributed by atoms with Gasteiger partial charge in [-0.2, -0.15) is 5.10 Å². The molecule has 0 atom stereocenters. The van der Waals surface area contributed by atoms with Gasteiger partial charge >= 0.3 is 0 Å². The van der Waals surface area contributed by atoms with Crippen molar-refractivity contribution in [3.63, 3.8) is 0 Å². The molecule has 1 amide bonds. The van der Waals surface area contributed by atoms with E-state index in [0.717, 1.165) is 21.3 Å². The number of nitrogens with one attached hydrogen (secondary N) is 1. The van der Waals surface area contributed by atoms with E-state index in [0.29, 0.717) is 28.9 Å². The van der Waals surface area contributed by atoms with E-state index in [1.165, 1.54) is 16.9 Å². The fraction of sp³-hybridized carbons (Fsp3) is 0.130. The van der Waals surface area contributed by atoms with Crippen LogP contribution in [0.2, 0.25) is 5.02 Å². The van der Waals surface area contributed by atoms with Crippen LogP contribution in [0.5, 0.6) is 5.75 Å². The second-order valence-electron chi connectivity index (χ2n) is 7.02. The van der Waals surface area contributed by atoms with Gasteiger partial charge in [-0.1, -0.05) is 41.4 Å². The van der Waals surface area contributed by atoms with E-state index in [4.69, 9.17) is 16.3 Å². The van der Waals surface area contributed by atoms with Crippen LogP contribution < -0.4 is 10.1 Å². The first-order chi connectivity index (χ1) is 15.0. The molecule has 0 saturated heterocycles. The van der Waals surface area contributed by atoms with Crippen LogP contribution in [0.1, 0.15) is 26.4 Å². The smallest absolute Gasteiger partial charge is 0.266 e. The Morgan fingerprint density at radius 1 is 1.16 bits per heavy atom. The van der Waals surface area contributed by atoms with Crippen LogP contribution in [0.25, 0.3) is 0 Å². The summed E-state index contributed by atoms with van der Waals surface area (Å²) in [5.74, 6) is 1.01. The topological polar surface area (TPSA) is 56.2 Å². The standard InChI is InChI=1S/C23H19BrClN3O2S/c1-15-2-4-16(5-3-15)11-28-12-20(24)22(27-28)26-23(29)21-10-17(14-31-21)13-30-19-8-6-18(25)7-9-19/h2-10,12,14H,11,13H2,1H3,(H,26,27,29). The van der Waals surface area contributed by atoms with Gasteiger partial charge in [0.1, 0.15) is 12.4 Å². The van der Waals surface area contributed by atoms with Gasteiger partial charge in [0, 0.05) is 16.8 Å². The lowest BCUT2D eigenvalue weighted by Crippen LogP contribution is -2.11. The van der Waals surface area contributed by atoms with Crippen LogP contribution in [0.3, 0.4) is 0 Å². The number of anilines is 1. The number of thiophene rings is 1. The SMILES string of the molecule is Cc1ccc(Cn2cc(Br)c(NC(=O)c3cc(COc4ccc(Cl)cc4)cs3)n2)cc1. The Morgan fingerprint density at radius 2 is 1.90 bits per heavy atom. The van der Waals surface area contributed by atoms with Gasteiger partial charge < -0.3 is 10.1 Å². The predicted octanol–water partition coefficient (Wildman–Crippen LogP) is 6.55. The predicted molar refractivity (Wildman–Crippen MR) is 128 cm³/mol. The number of aryl methyl sites for hydroxylation is 1. The molecule has 1 N–H and O–H groups in total. The van der Waals surface area contributed by atoms with E-state index in [-0.39, 0.29) is 5.91 Å². The number of amides is 1. The van der Waals surface area contributed by atoms with Crippen LogP contribution in [0.4, 0.5) is 5.82 Å². The molecule has 0 aliphatic heterocycles. The Labute approximate surface area is 197 Å². The van der Waals surface area contributed by atoms with Crippen molar-refractivity contribution in [1.29, 1.82) is 0 Å². The number of rotatable bonds is 7. The van der Waals surface area contributed by atoms with Crippen molar-refractivity contribution < 1.29 is 9.53 Å². The average Bonchev–Trinajstić information content (AvgIpc) is 3.36. The van der Waals surface area contributed by atoms with Crippen molar-refractivity contribution in [2.24, 2.45) is 0 Å². The van der Waals surface area contributed by atoms with Crippen molar-refractivity contribution in [2.45, 2.75) is 20.1 Å². The van der Waals surface area contributed by atoms with Gasteiger partial charge in [-0.25, -0.2) is 0 Å². The number of nitrogens with zero attached hydrogens (tertiary/aromatic N) is 2. The fourth-order valence-corrected chi connectivity index (χ4v) is 4.21. The first kappa shape index (κ1) is 21.6. The van der Waals surface area contributed by atoms with Gasteiger partial charge in [0.15, 0.2) is 5.82 Å². The molecular weight excluding hydrogens is 498 g/mol. The van der Waals surface area contributed by atoms with Crippen molar-refractivity contribution in [1.82, 2.24) is 9.78 Å². The lowest BCUT2D eigenvalue weighted by Gasteiger charge is -2.04. The van der Waals surface area contributed by atoms with Crippen LogP contribution in [-0.2, 0) is 13.2 Å². The van der Waals surface area contributed by atoms with Crippen molar-refractivity contribution in [3.05, 3.63) is 97.2 Å². The van der Waals surface area contributed by atoms with Crippen LogP contribution >= 0.6 is 38.9 Å². The molecule has 0 radical (unpaired) electrons. The second kappa shape index (κ2) is 9.68. The third-order valence-electron chi connectivity index (χ3n) is 4.51. The third-order valence-corrected chi connectivity index (χ3v) is 6.32. The Morgan fingerprint density at radius 3 is 2.65 bits per heavy atom. The third kappa shape index (κ3) is 5.76. The molecule has 2 aromatic carbocycles. The molecule has 2 heterocycles. The van der Waals surface area contributed by atoms with Crippen molar-refractivity contribution >= 4 is 50.6 Å². The highest BCUT2D eigenvalue weighted by Crippen LogP contribution is 2.24. The summed E-state index contributed by atoms with van der Waals surface area (Å²) >= 11 is 10.7. The quantitative estimate of drug-likeness (QED) is 0.303. The molecule has 2 aromatic heterocycles. The van der Waals surface area contributed by atoms with E-state index >= 15 is 0 Å². The minimum absolute atomic E-state index is 0.205. The van der Waals surface area contributed by atoms with Crippen LogP contribution in [-0.4, -0.2) is 15.7 Å². The van der Waals surface area contributed by atoms with E-state index < -0.39 is 0 Å². The zero-order chi connectivity index (χ0) is 21.8. The lowest BCUT2D eigenvalue weighted by molar-refractivity contribution is 0.103. The number of benzene rings is 2. The maximum atomic E-state index is 12.7. The van der Waals surface area contributed by atoms with E-state index in [2.05, 4.69) is 57.5 Å². The minimum Gasteiger partial charge on any atom is -0.489 e. The number of carbonyl (C=O) groups is 1. The van der Waals surface area contributed by atoms with E-state index in [1.807, 2.05) is 29.8 Å². The van der Waals surface area contributed by atoms with E-state index in [1.54, 1.807) is 16.8 Å². The number of ether oxygens (including phenoxy) is 1. The van der Waals surface area contributed by atoms with Gasteiger partial charge in [-0.05, 0) is 64.1 Å². The zero-order valence-electron chi connectivity index (χ0n) is 16.6. The highest BCUT2D eigenvalue weighted by atomic mass is 79.9. The van der Waals surface area contributed by atoms with Gasteiger partial charge in [0.25, 0.3) is 5.91 Å². The molecule has 4 rings (SSSR count). The largest absolute Gasteiger partial charge is 0.489 e. The number of hydrogen-bond acceptors (Lipinski definition) is 4. The number of hydrogen-bond donors (Lipinski definition) is 1. The Hall–Kier alpha value is -2.61. The molecule has 31 heavy (non-hydrogen) atoms. The summed E-state index contributed by atoms with van der Waals surface area (Å²) in [6.45, 7) is 3.06. The summed E-state index contributed by atoms with van der Waals surface area (Å²) in [7, 11) is 0. The summed E-state index contributed by atoms with van der Waals surface area (Å²) in [4.78, 5) is 13.3. The lowest BCUT2D eigenvalue weighted by atomic mass is 10.1. The summed E-state index contributed by atoms with van der Waals surface area (Å²) in [6, 6.07) is 17.3. The fourth-order valence-electron chi connectivity index (χ4n) is 2.88. The van der Waals surface area contributed by atoms with Crippen molar-refractivity contribution in [2.75, 3.05) is 5.32 Å². The highest BCUT2D eigenvalue weighted by Gasteiger charge is 2.14. The average molecular weight is 517 g/mol. The maximum Gasteiger partial charge on any atom is 0.266 e. The molecule has 0 aliphatic rings. The summed E-state index contributed by atoms with van der Waals surface area (Å²) < 4.78 is 8.27. The molecule has 0 spiro atoms. The van der Waals surface area contributed by atoms with Crippen molar-refractivity contribution in [3.8, 4) is 5.75 Å². The first-order valence-corrected chi connectivity index (χ1v) is 11.6. The Bertz CT molecular complexity index is 1190. The Kier molecular flexibility index (Phi) is 6.75. The summed E-state index contributed by atoms with van der Waals surface area (Å²) in [5, 5.41) is 9.94. The highest BCUT2D eigenvalue weighted by molar-refractivity contribution is 9.10. The molecule has 5 nitrogen and oxygen atoms in total. The van der Waals surface area contributed by atoms with Gasteiger partial charge in [-0.15, -0.1) is 11.3 Å². The number of carbonyl (C=O) groups excluding carboxylic acids is 1. The van der Waals surface area contributed by atoms with E-state index in [9.17, 15) is 4.79 Å². The molecular formula is C23H19BrClN3O2S. The van der Waals surface area contributed by atoms with Crippen LogP contribution in [0.15, 0.2) is 70.6 Å². The monoisotopic (exact) mass is 515 g/mol. The molecule has 4 aromatic rings. The molecule has 0 unspecified atom stereocenters. The molecule has 8 heteroatoms. The maximum absolute atomic E-state index is 12.7. The van der Waals surface area contributed by atoms with Crippen LogP contribution in [0, 0.1) is 6.92 Å². The van der Waals surface area contributed by atoms with Gasteiger partial charge in [0.2, 0.25) is 0 Å².